The van der Waals surface area contributed by atoms with E-state index in [2.05, 4.69) is 20.6 Å². The maximum Gasteiger partial charge on any atom is 0.433 e. The van der Waals surface area contributed by atoms with Gasteiger partial charge in [-0.15, -0.1) is 11.3 Å². The summed E-state index contributed by atoms with van der Waals surface area (Å²) >= 11 is 1.32. The average Bonchev–Trinajstić information content (AvgIpc) is 3.15. The number of fused-ring (bicyclic) bond motifs is 1. The average molecular weight is 434 g/mol. The molecule has 1 aliphatic carbocycles. The minimum Gasteiger partial charge on any atom is -0.382 e. The Morgan fingerprint density at radius 1 is 1.13 bits per heavy atom. The number of pyridine rings is 1. The summed E-state index contributed by atoms with van der Waals surface area (Å²) in [4.78, 5) is 20.9. The Bertz CT molecular complexity index is 1060. The number of halogens is 3. The van der Waals surface area contributed by atoms with Crippen LogP contribution in [-0.2, 0) is 6.18 Å². The summed E-state index contributed by atoms with van der Waals surface area (Å²) in [7, 11) is 0. The van der Waals surface area contributed by atoms with Crippen LogP contribution in [0.1, 0.15) is 46.7 Å². The van der Waals surface area contributed by atoms with Crippen molar-refractivity contribution in [1.29, 1.82) is 0 Å². The molecule has 0 atom stereocenters. The van der Waals surface area contributed by atoms with E-state index in [9.17, 15) is 18.0 Å². The van der Waals surface area contributed by atoms with Crippen molar-refractivity contribution < 1.29 is 18.0 Å². The maximum atomic E-state index is 13.3. The van der Waals surface area contributed by atoms with E-state index in [0.717, 1.165) is 37.4 Å². The SMILES string of the molecule is Cc1ncsc1C(=O)NC1CCC(Nc2cc(C(F)(F)F)nc3ccccc23)CC1. The van der Waals surface area contributed by atoms with Gasteiger partial charge in [0.1, 0.15) is 10.6 Å². The lowest BCUT2D eigenvalue weighted by molar-refractivity contribution is -0.140. The molecule has 0 radical (unpaired) electrons. The van der Waals surface area contributed by atoms with E-state index in [1.165, 1.54) is 11.3 Å². The number of thiazole rings is 1. The molecule has 0 bridgehead atoms. The van der Waals surface area contributed by atoms with Crippen LogP contribution in [0, 0.1) is 6.92 Å². The fourth-order valence-corrected chi connectivity index (χ4v) is 4.52. The lowest BCUT2D eigenvalue weighted by Gasteiger charge is -2.30. The Morgan fingerprint density at radius 3 is 2.50 bits per heavy atom. The van der Waals surface area contributed by atoms with Crippen molar-refractivity contribution in [1.82, 2.24) is 15.3 Å². The summed E-state index contributed by atoms with van der Waals surface area (Å²) in [5, 5.41) is 7.00. The number of nitrogens with one attached hydrogen (secondary N) is 2. The third-order valence-corrected chi connectivity index (χ3v) is 6.31. The number of carbonyl (C=O) groups excluding carboxylic acids is 1. The van der Waals surface area contributed by atoms with Crippen molar-refractivity contribution in [2.24, 2.45) is 0 Å². The molecule has 9 heteroatoms. The molecule has 3 aromatic rings. The molecule has 158 valence electrons. The van der Waals surface area contributed by atoms with Crippen LogP contribution in [0.3, 0.4) is 0 Å². The number of hydrogen-bond donors (Lipinski definition) is 2. The van der Waals surface area contributed by atoms with Crippen LogP contribution in [-0.4, -0.2) is 28.0 Å². The van der Waals surface area contributed by atoms with Crippen LogP contribution in [0.25, 0.3) is 10.9 Å². The topological polar surface area (TPSA) is 66.9 Å². The molecule has 2 aromatic heterocycles. The van der Waals surface area contributed by atoms with Gasteiger partial charge in [-0.2, -0.15) is 13.2 Å². The molecular weight excluding hydrogens is 413 g/mol. The van der Waals surface area contributed by atoms with Gasteiger partial charge in [0.25, 0.3) is 5.91 Å². The molecule has 0 aliphatic heterocycles. The Labute approximate surface area is 175 Å². The highest BCUT2D eigenvalue weighted by Gasteiger charge is 2.34. The molecule has 0 spiro atoms. The fourth-order valence-electron chi connectivity index (χ4n) is 3.81. The van der Waals surface area contributed by atoms with Gasteiger partial charge in [0.05, 0.1) is 16.7 Å². The zero-order chi connectivity index (χ0) is 21.3. The van der Waals surface area contributed by atoms with Crippen LogP contribution in [0.4, 0.5) is 18.9 Å². The number of benzene rings is 1. The Balaban J connectivity index is 1.43. The molecule has 2 N–H and O–H groups in total. The second-order valence-electron chi connectivity index (χ2n) is 7.50. The number of alkyl halides is 3. The van der Waals surface area contributed by atoms with E-state index in [-0.39, 0.29) is 18.0 Å². The zero-order valence-corrected chi connectivity index (χ0v) is 17.1. The minimum absolute atomic E-state index is 0.0372. The van der Waals surface area contributed by atoms with Gasteiger partial charge in [0.15, 0.2) is 0 Å². The number of rotatable bonds is 4. The summed E-state index contributed by atoms with van der Waals surface area (Å²) in [6, 6.07) is 8.00. The number of aryl methyl sites for hydroxylation is 1. The van der Waals surface area contributed by atoms with Crippen LogP contribution in [0.15, 0.2) is 35.8 Å². The summed E-state index contributed by atoms with van der Waals surface area (Å²) in [5.41, 5.74) is 2.23. The normalized spacial score (nSPS) is 19.6. The second-order valence-corrected chi connectivity index (χ2v) is 8.36. The smallest absolute Gasteiger partial charge is 0.382 e. The lowest BCUT2D eigenvalue weighted by atomic mass is 9.90. The van der Waals surface area contributed by atoms with Gasteiger partial charge >= 0.3 is 6.18 Å². The number of amides is 1. The molecule has 0 unspecified atom stereocenters. The van der Waals surface area contributed by atoms with Gasteiger partial charge in [0.2, 0.25) is 0 Å². The molecule has 5 nitrogen and oxygen atoms in total. The quantitative estimate of drug-likeness (QED) is 0.594. The molecule has 0 saturated heterocycles. The highest BCUT2D eigenvalue weighted by molar-refractivity contribution is 7.11. The second kappa shape index (κ2) is 8.22. The van der Waals surface area contributed by atoms with Gasteiger partial charge in [-0.1, -0.05) is 18.2 Å². The monoisotopic (exact) mass is 434 g/mol. The summed E-state index contributed by atoms with van der Waals surface area (Å²) < 4.78 is 39.8. The minimum atomic E-state index is -4.50. The van der Waals surface area contributed by atoms with Crippen molar-refractivity contribution in [2.45, 2.75) is 50.9 Å². The van der Waals surface area contributed by atoms with E-state index in [1.54, 1.807) is 36.7 Å². The number of para-hydroxylation sites is 1. The first kappa shape index (κ1) is 20.6. The predicted octanol–water partition coefficient (Wildman–Crippen LogP) is 5.17. The first-order chi connectivity index (χ1) is 14.3. The molecule has 1 aromatic carbocycles. The number of aromatic nitrogens is 2. The first-order valence-electron chi connectivity index (χ1n) is 9.75. The summed E-state index contributed by atoms with van der Waals surface area (Å²) in [6.45, 7) is 1.81. The molecular formula is C21H21F3N4OS. The highest BCUT2D eigenvalue weighted by Crippen LogP contribution is 2.34. The van der Waals surface area contributed by atoms with Crippen molar-refractivity contribution in [2.75, 3.05) is 5.32 Å². The van der Waals surface area contributed by atoms with Gasteiger partial charge in [-0.3, -0.25) is 4.79 Å². The Hall–Kier alpha value is -2.68. The molecule has 1 saturated carbocycles. The van der Waals surface area contributed by atoms with Crippen molar-refractivity contribution in [3.8, 4) is 0 Å². The van der Waals surface area contributed by atoms with Gasteiger partial charge in [-0.25, -0.2) is 9.97 Å². The Kier molecular flexibility index (Phi) is 5.64. The molecule has 1 fully saturated rings. The van der Waals surface area contributed by atoms with E-state index >= 15 is 0 Å². The van der Waals surface area contributed by atoms with Crippen LogP contribution in [0.2, 0.25) is 0 Å². The third-order valence-electron chi connectivity index (χ3n) is 5.38. The van der Waals surface area contributed by atoms with Crippen LogP contribution in [0.5, 0.6) is 0 Å². The number of nitrogens with zero attached hydrogens (tertiary/aromatic N) is 2. The van der Waals surface area contributed by atoms with E-state index in [1.807, 2.05) is 0 Å². The van der Waals surface area contributed by atoms with Crippen molar-refractivity contribution in [3.63, 3.8) is 0 Å². The van der Waals surface area contributed by atoms with Gasteiger partial charge < -0.3 is 10.6 Å². The standard InChI is InChI=1S/C21H21F3N4OS/c1-12-19(30-11-25-12)20(29)27-14-8-6-13(7-9-14)26-17-10-18(21(22,23)24)28-16-5-3-2-4-15(16)17/h2-5,10-11,13-14H,6-9H2,1H3,(H,26,28)(H,27,29). The summed E-state index contributed by atoms with van der Waals surface area (Å²) in [5.74, 6) is -0.110. The number of anilines is 1. The number of hydrogen-bond acceptors (Lipinski definition) is 5. The van der Waals surface area contributed by atoms with E-state index in [4.69, 9.17) is 0 Å². The van der Waals surface area contributed by atoms with Crippen LogP contribution < -0.4 is 10.6 Å². The number of carbonyl (C=O) groups is 1. The molecule has 30 heavy (non-hydrogen) atoms. The Morgan fingerprint density at radius 2 is 1.83 bits per heavy atom. The van der Waals surface area contributed by atoms with Crippen molar-refractivity contribution >= 4 is 33.8 Å². The maximum absolute atomic E-state index is 13.3. The predicted molar refractivity (Wildman–Crippen MR) is 111 cm³/mol. The van der Waals surface area contributed by atoms with Gasteiger partial charge in [-0.05, 0) is 44.7 Å². The van der Waals surface area contributed by atoms with Crippen molar-refractivity contribution in [3.05, 3.63) is 52.1 Å². The fraction of sp³-hybridized carbons (Fsp3) is 0.381. The largest absolute Gasteiger partial charge is 0.433 e. The lowest BCUT2D eigenvalue weighted by Crippen LogP contribution is -2.40. The van der Waals surface area contributed by atoms with Gasteiger partial charge in [0, 0.05) is 23.2 Å². The molecule has 2 heterocycles. The molecule has 1 amide bonds. The van der Waals surface area contributed by atoms with Crippen LogP contribution >= 0.6 is 11.3 Å². The van der Waals surface area contributed by atoms with E-state index in [0.29, 0.717) is 21.5 Å². The third kappa shape index (κ3) is 4.40. The molecule has 4 rings (SSSR count). The van der Waals surface area contributed by atoms with E-state index < -0.39 is 11.9 Å². The summed E-state index contributed by atoms with van der Waals surface area (Å²) in [6.07, 6.45) is -1.47. The highest BCUT2D eigenvalue weighted by atomic mass is 32.1. The molecule has 1 aliphatic rings. The first-order valence-corrected chi connectivity index (χ1v) is 10.6. The zero-order valence-electron chi connectivity index (χ0n) is 16.3.